The molecule has 0 atom stereocenters. The highest BCUT2D eigenvalue weighted by Crippen LogP contribution is 2.28. The van der Waals surface area contributed by atoms with Crippen molar-refractivity contribution >= 4 is 11.0 Å². The van der Waals surface area contributed by atoms with Crippen LogP contribution >= 0.6 is 0 Å². The third-order valence-corrected chi connectivity index (χ3v) is 2.88. The lowest BCUT2D eigenvalue weighted by molar-refractivity contribution is 0.350. The Kier molecular flexibility index (Phi) is 3.05. The van der Waals surface area contributed by atoms with Crippen molar-refractivity contribution in [2.75, 3.05) is 7.11 Å². The van der Waals surface area contributed by atoms with Crippen LogP contribution in [0.1, 0.15) is 32.4 Å². The Morgan fingerprint density at radius 3 is 2.65 bits per heavy atom. The van der Waals surface area contributed by atoms with Crippen molar-refractivity contribution in [1.29, 1.82) is 0 Å². The van der Waals surface area contributed by atoms with Gasteiger partial charge in [-0.15, -0.1) is 0 Å². The zero-order valence-corrected chi connectivity index (χ0v) is 10.6. The Morgan fingerprint density at radius 2 is 2.12 bits per heavy atom. The number of aryl methyl sites for hydroxylation is 1. The minimum absolute atomic E-state index is 0.182. The molecule has 1 heterocycles. The summed E-state index contributed by atoms with van der Waals surface area (Å²) in [5.74, 6) is -0.281. The van der Waals surface area contributed by atoms with E-state index in [-0.39, 0.29) is 11.9 Å². The maximum Gasteiger partial charge on any atom is 0.297 e. The highest BCUT2D eigenvalue weighted by atomic mass is 19.1. The third-order valence-electron chi connectivity index (χ3n) is 2.88. The van der Waals surface area contributed by atoms with Crippen LogP contribution in [0, 0.1) is 5.82 Å². The molecule has 0 aliphatic heterocycles. The molecule has 0 N–H and O–H groups in total. The number of rotatable bonds is 3. The number of ether oxygens (including phenoxy) is 1. The monoisotopic (exact) mass is 236 g/mol. The Labute approximate surface area is 100 Å². The summed E-state index contributed by atoms with van der Waals surface area (Å²) in [6, 6.07) is 4.16. The molecule has 0 aliphatic rings. The van der Waals surface area contributed by atoms with Crippen LogP contribution in [0.5, 0.6) is 6.01 Å². The third kappa shape index (κ3) is 1.88. The van der Waals surface area contributed by atoms with Gasteiger partial charge in [0, 0.05) is 6.04 Å². The normalized spacial score (nSPS) is 11.4. The lowest BCUT2D eigenvalue weighted by atomic mass is 10.1. The van der Waals surface area contributed by atoms with Crippen molar-refractivity contribution in [3.8, 4) is 6.01 Å². The first kappa shape index (κ1) is 11.9. The maximum atomic E-state index is 13.9. The van der Waals surface area contributed by atoms with Crippen LogP contribution in [0.25, 0.3) is 11.0 Å². The Hall–Kier alpha value is -1.58. The second kappa shape index (κ2) is 4.35. The molecule has 4 heteroatoms. The molecule has 0 amide bonds. The average Bonchev–Trinajstić information content (AvgIpc) is 2.67. The van der Waals surface area contributed by atoms with Gasteiger partial charge in [-0.3, -0.25) is 4.57 Å². The quantitative estimate of drug-likeness (QED) is 0.817. The predicted molar refractivity (Wildman–Crippen MR) is 66.0 cm³/mol. The zero-order chi connectivity index (χ0) is 12.6. The summed E-state index contributed by atoms with van der Waals surface area (Å²) >= 11 is 0. The summed E-state index contributed by atoms with van der Waals surface area (Å²) in [6.45, 7) is 6.06. The van der Waals surface area contributed by atoms with Crippen LogP contribution in [0.2, 0.25) is 0 Å². The molecule has 0 aliphatic carbocycles. The molecule has 1 aromatic carbocycles. The summed E-state index contributed by atoms with van der Waals surface area (Å²) in [5, 5.41) is 0. The van der Waals surface area contributed by atoms with E-state index in [1.54, 1.807) is 13.2 Å². The van der Waals surface area contributed by atoms with E-state index in [1.807, 2.05) is 31.4 Å². The van der Waals surface area contributed by atoms with E-state index in [0.717, 1.165) is 17.5 Å². The molecule has 0 radical (unpaired) electrons. The van der Waals surface area contributed by atoms with Gasteiger partial charge in [0.25, 0.3) is 6.01 Å². The largest absolute Gasteiger partial charge is 0.468 e. The highest BCUT2D eigenvalue weighted by molar-refractivity contribution is 5.78. The lowest BCUT2D eigenvalue weighted by Crippen LogP contribution is -2.03. The van der Waals surface area contributed by atoms with Gasteiger partial charge < -0.3 is 4.74 Å². The Balaban J connectivity index is 2.80. The maximum absolute atomic E-state index is 13.9. The number of nitrogens with zero attached hydrogens (tertiary/aromatic N) is 2. The molecule has 0 bridgehead atoms. The second-order valence-electron chi connectivity index (χ2n) is 4.36. The molecular weight excluding hydrogens is 219 g/mol. The van der Waals surface area contributed by atoms with Crippen LogP contribution in [0.4, 0.5) is 4.39 Å². The van der Waals surface area contributed by atoms with Gasteiger partial charge in [0.15, 0.2) is 5.82 Å². The Bertz CT molecular complexity index is 546. The van der Waals surface area contributed by atoms with Gasteiger partial charge in [0.2, 0.25) is 0 Å². The number of fused-ring (bicyclic) bond motifs is 1. The van der Waals surface area contributed by atoms with Gasteiger partial charge in [-0.2, -0.15) is 4.98 Å². The summed E-state index contributed by atoms with van der Waals surface area (Å²) in [6.07, 6.45) is 0.804. The van der Waals surface area contributed by atoms with Crippen molar-refractivity contribution < 1.29 is 9.13 Å². The van der Waals surface area contributed by atoms with E-state index in [4.69, 9.17) is 4.74 Å². The van der Waals surface area contributed by atoms with Crippen molar-refractivity contribution in [2.45, 2.75) is 33.2 Å². The highest BCUT2D eigenvalue weighted by Gasteiger charge is 2.17. The van der Waals surface area contributed by atoms with Crippen LogP contribution in [-0.4, -0.2) is 16.7 Å². The van der Waals surface area contributed by atoms with E-state index in [9.17, 15) is 4.39 Å². The number of benzene rings is 1. The standard InChI is InChI=1S/C13H17FN2O/c1-5-9-6-10(14)12-11(7-9)16(8(2)3)13(15-12)17-4/h6-8H,5H2,1-4H3. The van der Waals surface area contributed by atoms with E-state index in [0.29, 0.717) is 11.5 Å². The number of imidazole rings is 1. The molecule has 0 unspecified atom stereocenters. The van der Waals surface area contributed by atoms with Gasteiger partial charge in [-0.25, -0.2) is 4.39 Å². The molecular formula is C13H17FN2O. The number of hydrogen-bond donors (Lipinski definition) is 0. The van der Waals surface area contributed by atoms with E-state index in [2.05, 4.69) is 4.98 Å². The van der Waals surface area contributed by atoms with E-state index < -0.39 is 0 Å². The molecule has 0 fully saturated rings. The molecule has 0 spiro atoms. The van der Waals surface area contributed by atoms with Crippen LogP contribution in [-0.2, 0) is 6.42 Å². The van der Waals surface area contributed by atoms with E-state index >= 15 is 0 Å². The zero-order valence-electron chi connectivity index (χ0n) is 10.6. The summed E-state index contributed by atoms with van der Waals surface area (Å²) in [4.78, 5) is 4.19. The van der Waals surface area contributed by atoms with Crippen LogP contribution in [0.3, 0.4) is 0 Å². The molecule has 3 nitrogen and oxygen atoms in total. The predicted octanol–water partition coefficient (Wildman–Crippen LogP) is 3.33. The van der Waals surface area contributed by atoms with Gasteiger partial charge in [-0.1, -0.05) is 6.92 Å². The molecule has 0 saturated carbocycles. The van der Waals surface area contributed by atoms with Gasteiger partial charge in [0.1, 0.15) is 5.52 Å². The Morgan fingerprint density at radius 1 is 1.41 bits per heavy atom. The average molecular weight is 236 g/mol. The van der Waals surface area contributed by atoms with Crippen LogP contribution in [0.15, 0.2) is 12.1 Å². The molecule has 2 rings (SSSR count). The molecule has 0 saturated heterocycles. The minimum Gasteiger partial charge on any atom is -0.468 e. The minimum atomic E-state index is -0.281. The summed E-state index contributed by atoms with van der Waals surface area (Å²) in [7, 11) is 1.55. The topological polar surface area (TPSA) is 27.1 Å². The fourth-order valence-electron chi connectivity index (χ4n) is 2.03. The second-order valence-corrected chi connectivity index (χ2v) is 4.36. The number of methoxy groups -OCH3 is 1. The van der Waals surface area contributed by atoms with E-state index in [1.165, 1.54) is 0 Å². The number of hydrogen-bond acceptors (Lipinski definition) is 2. The van der Waals surface area contributed by atoms with Crippen LogP contribution < -0.4 is 4.74 Å². The fraction of sp³-hybridized carbons (Fsp3) is 0.462. The first-order chi connectivity index (χ1) is 8.08. The fourth-order valence-corrected chi connectivity index (χ4v) is 2.03. The van der Waals surface area contributed by atoms with Crippen molar-refractivity contribution in [3.05, 3.63) is 23.5 Å². The smallest absolute Gasteiger partial charge is 0.297 e. The SMILES string of the molecule is CCc1cc(F)c2nc(OC)n(C(C)C)c2c1. The van der Waals surface area contributed by atoms with Crippen molar-refractivity contribution in [3.63, 3.8) is 0 Å². The van der Waals surface area contributed by atoms with Crippen molar-refractivity contribution in [2.24, 2.45) is 0 Å². The summed E-state index contributed by atoms with van der Waals surface area (Å²) < 4.78 is 21.0. The number of halogens is 1. The van der Waals surface area contributed by atoms with Gasteiger partial charge >= 0.3 is 0 Å². The number of aromatic nitrogens is 2. The van der Waals surface area contributed by atoms with Gasteiger partial charge in [0.05, 0.1) is 12.6 Å². The molecule has 92 valence electrons. The molecule has 2 aromatic rings. The first-order valence-electron chi connectivity index (χ1n) is 5.82. The lowest BCUT2D eigenvalue weighted by Gasteiger charge is -2.11. The van der Waals surface area contributed by atoms with Gasteiger partial charge in [-0.05, 0) is 38.0 Å². The first-order valence-corrected chi connectivity index (χ1v) is 5.82. The summed E-state index contributed by atoms with van der Waals surface area (Å²) in [5.41, 5.74) is 2.15. The molecule has 1 aromatic heterocycles. The molecule has 17 heavy (non-hydrogen) atoms. The van der Waals surface area contributed by atoms with Crippen molar-refractivity contribution in [1.82, 2.24) is 9.55 Å².